The summed E-state index contributed by atoms with van der Waals surface area (Å²) >= 11 is 3.72. The van der Waals surface area contributed by atoms with Crippen molar-refractivity contribution in [3.8, 4) is 0 Å². The lowest BCUT2D eigenvalue weighted by molar-refractivity contribution is -0.0436. The molecule has 1 saturated heterocycles. The highest BCUT2D eigenvalue weighted by atomic mass is 32.2. The zero-order chi connectivity index (χ0) is 45.1. The number of carbonyl (C=O) groups excluding carboxylic acids is 2. The van der Waals surface area contributed by atoms with E-state index in [9.17, 15) is 39.6 Å². The first-order chi connectivity index (χ1) is 30.6. The Kier molecular flexibility index (Phi) is 13.6. The Morgan fingerprint density at radius 3 is 2.48 bits per heavy atom. The number of ether oxygens (including phenoxy) is 1. The molecule has 1 fully saturated rings. The molecule has 5 heterocycles. The fourth-order valence-corrected chi connectivity index (χ4v) is 11.8. The highest BCUT2D eigenvalue weighted by Gasteiger charge is 2.48. The standard InChI is InChI=1S/C41H39F3N8O7S5/c42-41(43,44)63(55,56)35-22-29(11-12-32(35)46-27(14-16-51-18-20-59-21-19-51)24-60-28-7-2-1-3-8-28)64(57,58)50-37(54)34-25-61-40(48-34)52-17-13-26-6-4-9-30(31(26)23-52)36(53)49-39-47-33-10-5-15-45-38(33)62-39/h1-12,15,22,25,27,46H,13-14,16-21,23-24H2,(H,50,54)(H,47,49,53)/t27-/m1/s1. The minimum Gasteiger partial charge on any atom is -0.380 e. The number of fused-ring (bicyclic) bond motifs is 2. The number of carbonyl (C=O) groups is 2. The second-order valence-electron chi connectivity index (χ2n) is 14.7. The summed E-state index contributed by atoms with van der Waals surface area (Å²) in [7, 11) is -11.0. The Bertz CT molecular complexity index is 2860. The summed E-state index contributed by atoms with van der Waals surface area (Å²) in [6, 6.07) is 20.0. The van der Waals surface area contributed by atoms with Crippen molar-refractivity contribution in [1.82, 2.24) is 24.6 Å². The SMILES string of the molecule is O=C(NS(=O)(=O)c1ccc(N[C@H](CCN2CCOCC2)CSc2ccccc2)c(S(=O)(=O)C(F)(F)F)c1)c1csc(N2CCc3cccc(C(=O)Nc4nc5cccnc5s4)c3C2)n1. The molecule has 0 radical (unpaired) electrons. The average Bonchev–Trinajstić information content (AvgIpc) is 3.95. The van der Waals surface area contributed by atoms with Crippen LogP contribution in [-0.2, 0) is 37.6 Å². The number of halogens is 3. The Morgan fingerprint density at radius 1 is 0.922 bits per heavy atom. The third-order valence-electron chi connectivity index (χ3n) is 10.4. The number of thioether (sulfide) groups is 1. The Morgan fingerprint density at radius 2 is 1.72 bits per heavy atom. The molecule has 0 bridgehead atoms. The van der Waals surface area contributed by atoms with Crippen LogP contribution in [0.5, 0.6) is 0 Å². The van der Waals surface area contributed by atoms with E-state index in [4.69, 9.17) is 4.74 Å². The van der Waals surface area contributed by atoms with Crippen molar-refractivity contribution >= 4 is 92.4 Å². The van der Waals surface area contributed by atoms with Crippen molar-refractivity contribution in [2.45, 2.75) is 45.6 Å². The molecule has 0 aliphatic carbocycles. The molecule has 64 heavy (non-hydrogen) atoms. The summed E-state index contributed by atoms with van der Waals surface area (Å²) in [5, 5.41) is 7.88. The second-order valence-corrected chi connectivity index (χ2v) is 21.2. The molecule has 3 aromatic heterocycles. The van der Waals surface area contributed by atoms with E-state index in [1.54, 1.807) is 30.5 Å². The lowest BCUT2D eigenvalue weighted by atomic mass is 9.94. The number of rotatable bonds is 15. The summed E-state index contributed by atoms with van der Waals surface area (Å²) in [6.45, 7) is 3.62. The predicted octanol–water partition coefficient (Wildman–Crippen LogP) is 6.67. The number of morpholine rings is 1. The van der Waals surface area contributed by atoms with E-state index < -0.39 is 52.8 Å². The number of nitrogens with zero attached hydrogens (tertiary/aromatic N) is 5. The van der Waals surface area contributed by atoms with Gasteiger partial charge in [0.15, 0.2) is 10.3 Å². The molecule has 0 saturated carbocycles. The van der Waals surface area contributed by atoms with Gasteiger partial charge >= 0.3 is 5.51 Å². The van der Waals surface area contributed by atoms with Crippen LogP contribution in [0.4, 0.5) is 29.1 Å². The van der Waals surface area contributed by atoms with Crippen molar-refractivity contribution in [1.29, 1.82) is 0 Å². The Labute approximate surface area is 378 Å². The first kappa shape index (κ1) is 45.4. The van der Waals surface area contributed by atoms with Gasteiger partial charge in [0.2, 0.25) is 0 Å². The van der Waals surface area contributed by atoms with E-state index in [1.165, 1.54) is 28.5 Å². The number of hydrogen-bond donors (Lipinski definition) is 3. The number of benzene rings is 3. The predicted molar refractivity (Wildman–Crippen MR) is 239 cm³/mol. The third kappa shape index (κ3) is 10.3. The number of pyridine rings is 1. The molecule has 336 valence electrons. The van der Waals surface area contributed by atoms with Gasteiger partial charge in [-0.25, -0.2) is 36.5 Å². The smallest absolute Gasteiger partial charge is 0.380 e. The largest absolute Gasteiger partial charge is 0.501 e. The van der Waals surface area contributed by atoms with Crippen LogP contribution in [0.3, 0.4) is 0 Å². The summed E-state index contributed by atoms with van der Waals surface area (Å²) in [5.74, 6) is -1.22. The van der Waals surface area contributed by atoms with Crippen LogP contribution in [0.15, 0.2) is 105 Å². The minimum absolute atomic E-state index is 0.239. The molecule has 2 aliphatic heterocycles. The van der Waals surface area contributed by atoms with Crippen LogP contribution in [0.1, 0.15) is 38.4 Å². The molecule has 2 amide bonds. The summed E-state index contributed by atoms with van der Waals surface area (Å²) in [4.78, 5) is 43.3. The summed E-state index contributed by atoms with van der Waals surface area (Å²) < 4.78 is 103. The number of amides is 2. The molecular formula is C41H39F3N8O7S5. The van der Waals surface area contributed by atoms with Crippen LogP contribution in [0.25, 0.3) is 10.3 Å². The molecule has 3 aromatic carbocycles. The molecule has 3 N–H and O–H groups in total. The summed E-state index contributed by atoms with van der Waals surface area (Å²) in [6.07, 6.45) is 2.59. The van der Waals surface area contributed by atoms with Crippen molar-refractivity contribution < 1.29 is 44.3 Å². The van der Waals surface area contributed by atoms with E-state index in [0.717, 1.165) is 39.5 Å². The topological polar surface area (TPSA) is 193 Å². The zero-order valence-corrected chi connectivity index (χ0v) is 37.7. The number of hydrogen-bond acceptors (Lipinski definition) is 16. The quantitative estimate of drug-likeness (QED) is 0.0925. The maximum atomic E-state index is 14.2. The van der Waals surface area contributed by atoms with Crippen LogP contribution in [0, 0.1) is 0 Å². The fourth-order valence-electron chi connectivity index (χ4n) is 7.12. The molecule has 0 unspecified atom stereocenters. The number of thiazole rings is 2. The van der Waals surface area contributed by atoms with Gasteiger partial charge in [-0.2, -0.15) is 13.2 Å². The summed E-state index contributed by atoms with van der Waals surface area (Å²) in [5.41, 5.74) is -3.78. The van der Waals surface area contributed by atoms with Crippen molar-refractivity contribution in [3.63, 3.8) is 0 Å². The highest BCUT2D eigenvalue weighted by molar-refractivity contribution is 7.99. The lowest BCUT2D eigenvalue weighted by Crippen LogP contribution is -2.39. The van der Waals surface area contributed by atoms with Crippen molar-refractivity contribution in [2.24, 2.45) is 0 Å². The van der Waals surface area contributed by atoms with Gasteiger partial charge < -0.3 is 15.0 Å². The van der Waals surface area contributed by atoms with Gasteiger partial charge in [-0.05, 0) is 72.5 Å². The fraction of sp³-hybridized carbons (Fsp3) is 0.293. The van der Waals surface area contributed by atoms with Gasteiger partial charge in [0.05, 0.1) is 23.8 Å². The number of nitrogens with one attached hydrogen (secondary N) is 3. The number of sulfone groups is 1. The monoisotopic (exact) mass is 972 g/mol. The van der Waals surface area contributed by atoms with Gasteiger partial charge in [-0.1, -0.05) is 41.7 Å². The van der Waals surface area contributed by atoms with Gasteiger partial charge in [-0.15, -0.1) is 23.1 Å². The van der Waals surface area contributed by atoms with Gasteiger partial charge in [0.25, 0.3) is 31.7 Å². The molecule has 0 spiro atoms. The average molecular weight is 973 g/mol. The number of aromatic nitrogens is 3. The van der Waals surface area contributed by atoms with E-state index in [2.05, 4.69) is 30.5 Å². The first-order valence-corrected chi connectivity index (χ1v) is 25.4. The molecule has 15 nitrogen and oxygen atoms in total. The molecule has 8 rings (SSSR count). The van der Waals surface area contributed by atoms with E-state index >= 15 is 0 Å². The van der Waals surface area contributed by atoms with Crippen molar-refractivity contribution in [3.05, 3.63) is 113 Å². The Hall–Kier alpha value is -5.17. The van der Waals surface area contributed by atoms with E-state index in [1.807, 2.05) is 46.0 Å². The molecular weight excluding hydrogens is 934 g/mol. The minimum atomic E-state index is -6.10. The van der Waals surface area contributed by atoms with Gasteiger partial charge in [-0.3, -0.25) is 19.8 Å². The lowest BCUT2D eigenvalue weighted by Gasteiger charge is -2.29. The van der Waals surface area contributed by atoms with Crippen LogP contribution < -0.4 is 20.3 Å². The van der Waals surface area contributed by atoms with Crippen LogP contribution in [0.2, 0.25) is 0 Å². The third-order valence-corrected chi connectivity index (χ3v) is 16.3. The van der Waals surface area contributed by atoms with E-state index in [0.29, 0.717) is 90.2 Å². The highest BCUT2D eigenvalue weighted by Crippen LogP contribution is 2.37. The number of alkyl halides is 3. The van der Waals surface area contributed by atoms with Crippen LogP contribution in [-0.4, -0.2) is 105 Å². The molecule has 6 aromatic rings. The Balaban J connectivity index is 0.984. The first-order valence-electron chi connectivity index (χ1n) is 19.8. The number of anilines is 3. The van der Waals surface area contributed by atoms with Crippen LogP contribution >= 0.6 is 34.4 Å². The molecule has 23 heteroatoms. The zero-order valence-electron chi connectivity index (χ0n) is 33.6. The molecule has 1 atom stereocenters. The second kappa shape index (κ2) is 19.1. The molecule has 2 aliphatic rings. The van der Waals surface area contributed by atoms with Gasteiger partial charge in [0.1, 0.15) is 20.9 Å². The van der Waals surface area contributed by atoms with Gasteiger partial charge in [0, 0.05) is 66.6 Å². The normalized spacial score (nSPS) is 15.4. The van der Waals surface area contributed by atoms with E-state index in [-0.39, 0.29) is 18.1 Å². The van der Waals surface area contributed by atoms with Crippen molar-refractivity contribution in [2.75, 3.05) is 60.7 Å². The number of sulfonamides is 1. The maximum absolute atomic E-state index is 14.2. The maximum Gasteiger partial charge on any atom is 0.501 e.